The zero-order valence-corrected chi connectivity index (χ0v) is 11.9. The van der Waals surface area contributed by atoms with Gasteiger partial charge in [-0.1, -0.05) is 0 Å². The van der Waals surface area contributed by atoms with Gasteiger partial charge in [-0.15, -0.1) is 0 Å². The van der Waals surface area contributed by atoms with Gasteiger partial charge in [-0.05, 0) is 26.0 Å². The molecule has 0 aromatic heterocycles. The number of benzene rings is 1. The first-order valence-electron chi connectivity index (χ1n) is 5.86. The number of ether oxygens (including phenoxy) is 1. The molecule has 0 saturated heterocycles. The number of nitro benzene ring substituents is 1. The highest BCUT2D eigenvalue weighted by molar-refractivity contribution is 7.91. The summed E-state index contributed by atoms with van der Waals surface area (Å²) in [4.78, 5) is 20.7. The van der Waals surface area contributed by atoms with Gasteiger partial charge in [0.1, 0.15) is 12.9 Å². The van der Waals surface area contributed by atoms with E-state index in [1.165, 1.54) is 12.1 Å². The van der Waals surface area contributed by atoms with Crippen LogP contribution in [0.15, 0.2) is 18.2 Å². The second-order valence-corrected chi connectivity index (χ2v) is 7.04. The molecule has 0 aliphatic rings. The molecule has 0 N–H and O–H groups in total. The van der Waals surface area contributed by atoms with Crippen molar-refractivity contribution in [3.63, 3.8) is 0 Å². The van der Waals surface area contributed by atoms with E-state index in [4.69, 9.17) is 4.74 Å². The molecule has 0 fully saturated rings. The molecule has 7 nitrogen and oxygen atoms in total. The van der Waals surface area contributed by atoms with Crippen LogP contribution in [0.1, 0.15) is 24.2 Å². The molecule has 0 atom stereocenters. The maximum atomic E-state index is 11.6. The topological polar surface area (TPSA) is 104 Å². The first kappa shape index (κ1) is 16.1. The molecule has 20 heavy (non-hydrogen) atoms. The second-order valence-electron chi connectivity index (χ2n) is 4.37. The fourth-order valence-electron chi connectivity index (χ4n) is 1.38. The highest BCUT2D eigenvalue weighted by Crippen LogP contribution is 2.27. The van der Waals surface area contributed by atoms with Crippen LogP contribution in [0.3, 0.4) is 0 Å². The quantitative estimate of drug-likeness (QED) is 0.430. The highest BCUT2D eigenvalue weighted by atomic mass is 32.2. The molecule has 0 unspecified atom stereocenters. The fourth-order valence-corrected chi connectivity index (χ4v) is 2.16. The average Bonchev–Trinajstić information content (AvgIpc) is 2.38. The third kappa shape index (κ3) is 4.02. The molecule has 0 saturated carbocycles. The van der Waals surface area contributed by atoms with E-state index >= 15 is 0 Å². The Hall–Kier alpha value is -1.96. The maximum absolute atomic E-state index is 11.6. The van der Waals surface area contributed by atoms with Crippen molar-refractivity contribution in [2.24, 2.45) is 0 Å². The molecule has 0 radical (unpaired) electrons. The van der Waals surface area contributed by atoms with Gasteiger partial charge in [-0.3, -0.25) is 14.9 Å². The number of rotatable bonds is 7. The maximum Gasteiger partial charge on any atom is 0.311 e. The summed E-state index contributed by atoms with van der Waals surface area (Å²) in [5.41, 5.74) is -0.213. The number of nitro groups is 1. The summed E-state index contributed by atoms with van der Waals surface area (Å²) >= 11 is 0. The Balaban J connectivity index is 2.83. The van der Waals surface area contributed by atoms with Gasteiger partial charge < -0.3 is 4.74 Å². The van der Waals surface area contributed by atoms with E-state index < -0.39 is 20.0 Å². The SMILES string of the molecule is CC(C)S(=O)(=O)CCOc1ccc(C=O)cc1[N+](=O)[O-]. The molecule has 0 aliphatic heterocycles. The Morgan fingerprint density at radius 2 is 2.05 bits per heavy atom. The highest BCUT2D eigenvalue weighted by Gasteiger charge is 2.19. The minimum Gasteiger partial charge on any atom is -0.486 e. The van der Waals surface area contributed by atoms with Gasteiger partial charge in [0, 0.05) is 11.6 Å². The van der Waals surface area contributed by atoms with E-state index in [0.29, 0.717) is 6.29 Å². The smallest absolute Gasteiger partial charge is 0.311 e. The van der Waals surface area contributed by atoms with Crippen LogP contribution in [0, 0.1) is 10.1 Å². The molecular weight excluding hydrogens is 286 g/mol. The number of hydrogen-bond donors (Lipinski definition) is 0. The van der Waals surface area contributed by atoms with Gasteiger partial charge in [-0.2, -0.15) is 0 Å². The Morgan fingerprint density at radius 3 is 2.55 bits per heavy atom. The van der Waals surface area contributed by atoms with E-state index in [-0.39, 0.29) is 29.4 Å². The third-order valence-electron chi connectivity index (χ3n) is 2.66. The minimum atomic E-state index is -3.27. The predicted octanol–water partition coefficient (Wildman–Crippen LogP) is 1.61. The van der Waals surface area contributed by atoms with Crippen molar-refractivity contribution in [1.82, 2.24) is 0 Å². The van der Waals surface area contributed by atoms with Crippen molar-refractivity contribution < 1.29 is 22.9 Å². The summed E-state index contributed by atoms with van der Waals surface area (Å²) in [6, 6.07) is 3.73. The monoisotopic (exact) mass is 301 g/mol. The number of sulfone groups is 1. The lowest BCUT2D eigenvalue weighted by Gasteiger charge is -2.09. The molecule has 1 rings (SSSR count). The Morgan fingerprint density at radius 1 is 1.40 bits per heavy atom. The van der Waals surface area contributed by atoms with Gasteiger partial charge in [0.2, 0.25) is 0 Å². The van der Waals surface area contributed by atoms with E-state index in [1.54, 1.807) is 13.8 Å². The third-order valence-corrected chi connectivity index (χ3v) is 4.83. The van der Waals surface area contributed by atoms with Crippen LogP contribution < -0.4 is 4.74 Å². The van der Waals surface area contributed by atoms with Crippen LogP contribution in [-0.2, 0) is 9.84 Å². The van der Waals surface area contributed by atoms with E-state index in [1.807, 2.05) is 0 Å². The molecule has 1 aromatic carbocycles. The zero-order valence-electron chi connectivity index (χ0n) is 11.1. The fraction of sp³-hybridized carbons (Fsp3) is 0.417. The van der Waals surface area contributed by atoms with Crippen LogP contribution in [0.4, 0.5) is 5.69 Å². The number of aldehydes is 1. The van der Waals surface area contributed by atoms with Gasteiger partial charge in [0.05, 0.1) is 15.9 Å². The summed E-state index contributed by atoms with van der Waals surface area (Å²) in [7, 11) is -3.27. The second kappa shape index (κ2) is 6.47. The largest absolute Gasteiger partial charge is 0.486 e. The lowest BCUT2D eigenvalue weighted by molar-refractivity contribution is -0.385. The normalized spacial score (nSPS) is 11.3. The summed E-state index contributed by atoms with van der Waals surface area (Å²) in [5, 5.41) is 10.3. The molecule has 0 spiro atoms. The van der Waals surface area contributed by atoms with Crippen LogP contribution >= 0.6 is 0 Å². The van der Waals surface area contributed by atoms with Crippen molar-refractivity contribution in [3.8, 4) is 5.75 Å². The first-order chi connectivity index (χ1) is 9.27. The summed E-state index contributed by atoms with van der Waals surface area (Å²) in [6.45, 7) is 2.93. The van der Waals surface area contributed by atoms with Gasteiger partial charge in [0.25, 0.3) is 0 Å². The van der Waals surface area contributed by atoms with E-state index in [9.17, 15) is 23.3 Å². The number of carbonyl (C=O) groups excluding carboxylic acids is 1. The molecule has 0 heterocycles. The predicted molar refractivity (Wildman–Crippen MR) is 72.9 cm³/mol. The van der Waals surface area contributed by atoms with E-state index in [0.717, 1.165) is 6.07 Å². The van der Waals surface area contributed by atoms with Gasteiger partial charge in [0.15, 0.2) is 15.6 Å². The van der Waals surface area contributed by atoms with Crippen LogP contribution in [0.2, 0.25) is 0 Å². The van der Waals surface area contributed by atoms with Crippen LogP contribution in [0.5, 0.6) is 5.75 Å². The standard InChI is InChI=1S/C12H15NO6S/c1-9(2)20(17,18)6-5-19-12-4-3-10(8-14)7-11(12)13(15)16/h3-4,7-9H,5-6H2,1-2H3. The molecule has 0 amide bonds. The average molecular weight is 301 g/mol. The van der Waals surface area contributed by atoms with Crippen molar-refractivity contribution in [2.45, 2.75) is 19.1 Å². The van der Waals surface area contributed by atoms with Crippen LogP contribution in [-0.4, -0.2) is 37.2 Å². The van der Waals surface area contributed by atoms with Crippen LogP contribution in [0.25, 0.3) is 0 Å². The molecule has 0 aliphatic carbocycles. The lowest BCUT2D eigenvalue weighted by Crippen LogP contribution is -2.22. The van der Waals surface area contributed by atoms with Gasteiger partial charge in [-0.25, -0.2) is 8.42 Å². The molecule has 1 aromatic rings. The van der Waals surface area contributed by atoms with E-state index in [2.05, 4.69) is 0 Å². The number of carbonyl (C=O) groups is 1. The number of hydrogen-bond acceptors (Lipinski definition) is 6. The summed E-state index contributed by atoms with van der Waals surface area (Å²) < 4.78 is 28.3. The molecule has 110 valence electrons. The Bertz CT molecular complexity index is 608. The van der Waals surface area contributed by atoms with Crippen molar-refractivity contribution in [2.75, 3.05) is 12.4 Å². The van der Waals surface area contributed by atoms with Crippen molar-refractivity contribution >= 4 is 21.8 Å². The molecule has 0 bridgehead atoms. The molecule has 8 heteroatoms. The Kier molecular flexibility index (Phi) is 5.20. The summed E-state index contributed by atoms with van der Waals surface area (Å²) in [5.74, 6) is -0.281. The minimum absolute atomic E-state index is 0.0560. The first-order valence-corrected chi connectivity index (χ1v) is 7.57. The Labute approximate surface area is 116 Å². The number of nitrogens with zero attached hydrogens (tertiary/aromatic N) is 1. The van der Waals surface area contributed by atoms with Gasteiger partial charge >= 0.3 is 5.69 Å². The van der Waals surface area contributed by atoms with Crippen molar-refractivity contribution in [1.29, 1.82) is 0 Å². The lowest BCUT2D eigenvalue weighted by atomic mass is 10.2. The molecular formula is C12H15NO6S. The zero-order chi connectivity index (χ0) is 15.3. The van der Waals surface area contributed by atoms with Crippen molar-refractivity contribution in [3.05, 3.63) is 33.9 Å². The summed E-state index contributed by atoms with van der Waals surface area (Å²) in [6.07, 6.45) is 0.486.